The minimum atomic E-state index is -0.629. The molecule has 0 saturated carbocycles. The average Bonchev–Trinajstić information content (AvgIpc) is 2.57. The lowest BCUT2D eigenvalue weighted by Crippen LogP contribution is -2.10. The van der Waals surface area contributed by atoms with E-state index in [-0.39, 0.29) is 44.2 Å². The Balaban J connectivity index is 2.82. The summed E-state index contributed by atoms with van der Waals surface area (Å²) < 4.78 is 15.4. The van der Waals surface area contributed by atoms with Crippen molar-refractivity contribution >= 4 is 29.0 Å². The summed E-state index contributed by atoms with van der Waals surface area (Å²) in [6, 6.07) is 2.68. The number of phenolic OH excluding ortho intramolecular Hbond substituents is 2. The monoisotopic (exact) mass is 386 g/mol. The SMILES string of the molecule is COc1cc(O)cc(C)c1C(=O)c1c(O)c(Cl)c(OC)c(Cl)c1OC. The standard InChI is InChI=1S/C17H16Cl2O6/c1-7-5-8(20)6-9(23-2)10(7)14(21)11-15(22)12(18)17(25-4)13(19)16(11)24-3/h5-6,20,22H,1-4H3. The number of carbonyl (C=O) groups excluding carboxylic acids is 1. The fourth-order valence-electron chi connectivity index (χ4n) is 2.53. The van der Waals surface area contributed by atoms with Crippen LogP contribution in [0.2, 0.25) is 10.0 Å². The van der Waals surface area contributed by atoms with E-state index in [9.17, 15) is 15.0 Å². The molecule has 2 aromatic carbocycles. The van der Waals surface area contributed by atoms with Gasteiger partial charge < -0.3 is 24.4 Å². The Hall–Kier alpha value is -2.31. The molecule has 2 aromatic rings. The first-order valence-corrected chi connectivity index (χ1v) is 7.78. The number of ether oxygens (including phenoxy) is 3. The number of phenols is 2. The van der Waals surface area contributed by atoms with Crippen molar-refractivity contribution < 1.29 is 29.2 Å². The molecule has 0 aliphatic rings. The van der Waals surface area contributed by atoms with Gasteiger partial charge in [0.2, 0.25) is 5.78 Å². The van der Waals surface area contributed by atoms with Crippen molar-refractivity contribution in [1.82, 2.24) is 0 Å². The molecule has 0 fully saturated rings. The van der Waals surface area contributed by atoms with Crippen LogP contribution in [0.25, 0.3) is 0 Å². The molecular formula is C17H16Cl2O6. The lowest BCUT2D eigenvalue weighted by molar-refractivity contribution is 0.103. The summed E-state index contributed by atoms with van der Waals surface area (Å²) in [5, 5.41) is 19.8. The molecule has 0 bridgehead atoms. The zero-order chi connectivity index (χ0) is 18.9. The Kier molecular flexibility index (Phi) is 5.55. The predicted molar refractivity (Wildman–Crippen MR) is 94.1 cm³/mol. The first kappa shape index (κ1) is 19.0. The van der Waals surface area contributed by atoms with Crippen LogP contribution in [-0.2, 0) is 0 Å². The van der Waals surface area contributed by atoms with Gasteiger partial charge in [-0.2, -0.15) is 0 Å². The molecule has 0 atom stereocenters. The molecule has 25 heavy (non-hydrogen) atoms. The summed E-state index contributed by atoms with van der Waals surface area (Å²) in [5.74, 6) is -1.18. The van der Waals surface area contributed by atoms with Crippen LogP contribution in [0.5, 0.6) is 28.7 Å². The molecule has 0 aliphatic heterocycles. The molecule has 0 aromatic heterocycles. The Morgan fingerprint density at radius 2 is 1.52 bits per heavy atom. The maximum Gasteiger partial charge on any atom is 0.204 e. The third-order valence-electron chi connectivity index (χ3n) is 3.64. The Morgan fingerprint density at radius 1 is 0.920 bits per heavy atom. The number of methoxy groups -OCH3 is 3. The molecule has 134 valence electrons. The van der Waals surface area contributed by atoms with Crippen LogP contribution in [0.4, 0.5) is 0 Å². The molecule has 0 aliphatic carbocycles. The molecule has 6 nitrogen and oxygen atoms in total. The van der Waals surface area contributed by atoms with Crippen molar-refractivity contribution in [2.24, 2.45) is 0 Å². The van der Waals surface area contributed by atoms with Gasteiger partial charge in [0.05, 0.1) is 26.9 Å². The maximum atomic E-state index is 13.1. The predicted octanol–water partition coefficient (Wildman–Crippen LogP) is 3.97. The second kappa shape index (κ2) is 7.29. The van der Waals surface area contributed by atoms with Crippen molar-refractivity contribution in [2.75, 3.05) is 21.3 Å². The van der Waals surface area contributed by atoms with Gasteiger partial charge in [-0.3, -0.25) is 4.79 Å². The number of hydrogen-bond acceptors (Lipinski definition) is 6. The average molecular weight is 387 g/mol. The molecule has 0 heterocycles. The van der Waals surface area contributed by atoms with Crippen LogP contribution in [0.1, 0.15) is 21.5 Å². The molecular weight excluding hydrogens is 371 g/mol. The minimum absolute atomic E-state index is 0.0105. The van der Waals surface area contributed by atoms with E-state index in [0.29, 0.717) is 5.56 Å². The number of rotatable bonds is 5. The highest BCUT2D eigenvalue weighted by Crippen LogP contribution is 2.50. The summed E-state index contributed by atoms with van der Waals surface area (Å²) >= 11 is 12.3. The fourth-order valence-corrected chi connectivity index (χ4v) is 3.19. The lowest BCUT2D eigenvalue weighted by Gasteiger charge is -2.18. The highest BCUT2D eigenvalue weighted by Gasteiger charge is 2.31. The van der Waals surface area contributed by atoms with Crippen LogP contribution in [0.15, 0.2) is 12.1 Å². The topological polar surface area (TPSA) is 85.2 Å². The number of aromatic hydroxyl groups is 2. The number of benzene rings is 2. The molecule has 2 N–H and O–H groups in total. The van der Waals surface area contributed by atoms with Crippen LogP contribution < -0.4 is 14.2 Å². The van der Waals surface area contributed by atoms with Gasteiger partial charge in [0.25, 0.3) is 0 Å². The number of carbonyl (C=O) groups is 1. The molecule has 0 saturated heterocycles. The summed E-state index contributed by atoms with van der Waals surface area (Å²) in [4.78, 5) is 13.1. The number of aryl methyl sites for hydroxylation is 1. The van der Waals surface area contributed by atoms with E-state index in [2.05, 4.69) is 0 Å². The van der Waals surface area contributed by atoms with Crippen molar-refractivity contribution in [3.05, 3.63) is 38.9 Å². The van der Waals surface area contributed by atoms with Gasteiger partial charge >= 0.3 is 0 Å². The quantitative estimate of drug-likeness (QED) is 0.756. The van der Waals surface area contributed by atoms with E-state index in [1.165, 1.54) is 33.5 Å². The minimum Gasteiger partial charge on any atom is -0.508 e. The normalized spacial score (nSPS) is 10.5. The third-order valence-corrected chi connectivity index (χ3v) is 4.33. The first-order valence-electron chi connectivity index (χ1n) is 7.02. The molecule has 8 heteroatoms. The van der Waals surface area contributed by atoms with Gasteiger partial charge in [-0.25, -0.2) is 0 Å². The van der Waals surface area contributed by atoms with Crippen LogP contribution in [0.3, 0.4) is 0 Å². The molecule has 2 rings (SSSR count). The number of ketones is 1. The summed E-state index contributed by atoms with van der Waals surface area (Å²) in [6.07, 6.45) is 0. The van der Waals surface area contributed by atoms with Gasteiger partial charge in [-0.1, -0.05) is 23.2 Å². The van der Waals surface area contributed by atoms with Gasteiger partial charge in [0.1, 0.15) is 27.1 Å². The van der Waals surface area contributed by atoms with Crippen LogP contribution in [-0.4, -0.2) is 37.3 Å². The highest BCUT2D eigenvalue weighted by atomic mass is 35.5. The van der Waals surface area contributed by atoms with Gasteiger partial charge in [-0.15, -0.1) is 0 Å². The zero-order valence-corrected chi connectivity index (χ0v) is 15.4. The summed E-state index contributed by atoms with van der Waals surface area (Å²) in [7, 11) is 3.97. The van der Waals surface area contributed by atoms with Gasteiger partial charge in [-0.05, 0) is 18.6 Å². The van der Waals surface area contributed by atoms with Crippen molar-refractivity contribution in [3.8, 4) is 28.7 Å². The van der Waals surface area contributed by atoms with Gasteiger partial charge in [0, 0.05) is 6.07 Å². The Morgan fingerprint density at radius 3 is 2.04 bits per heavy atom. The maximum absolute atomic E-state index is 13.1. The Labute approximate surface area is 154 Å². The summed E-state index contributed by atoms with van der Waals surface area (Å²) in [5.41, 5.74) is 0.336. The van der Waals surface area contributed by atoms with Crippen molar-refractivity contribution in [2.45, 2.75) is 6.92 Å². The molecule has 0 unspecified atom stereocenters. The number of halogens is 2. The van der Waals surface area contributed by atoms with E-state index in [0.717, 1.165) is 0 Å². The fraction of sp³-hybridized carbons (Fsp3) is 0.235. The Bertz CT molecular complexity index is 848. The zero-order valence-electron chi connectivity index (χ0n) is 13.9. The van der Waals surface area contributed by atoms with E-state index >= 15 is 0 Å². The van der Waals surface area contributed by atoms with Gasteiger partial charge in [0.15, 0.2) is 17.2 Å². The smallest absolute Gasteiger partial charge is 0.204 e. The van der Waals surface area contributed by atoms with Crippen molar-refractivity contribution in [1.29, 1.82) is 0 Å². The van der Waals surface area contributed by atoms with E-state index in [4.69, 9.17) is 37.4 Å². The van der Waals surface area contributed by atoms with Crippen molar-refractivity contribution in [3.63, 3.8) is 0 Å². The first-order chi connectivity index (χ1) is 11.8. The van der Waals surface area contributed by atoms with Crippen LogP contribution >= 0.6 is 23.2 Å². The van der Waals surface area contributed by atoms with Crippen LogP contribution in [0, 0.1) is 6.92 Å². The second-order valence-corrected chi connectivity index (χ2v) is 5.84. The summed E-state index contributed by atoms with van der Waals surface area (Å²) in [6.45, 7) is 1.62. The molecule has 0 radical (unpaired) electrons. The lowest BCUT2D eigenvalue weighted by atomic mass is 9.96. The number of hydrogen-bond donors (Lipinski definition) is 2. The third kappa shape index (κ3) is 3.15. The van der Waals surface area contributed by atoms with E-state index in [1.54, 1.807) is 6.92 Å². The van der Waals surface area contributed by atoms with E-state index < -0.39 is 11.5 Å². The molecule has 0 amide bonds. The largest absolute Gasteiger partial charge is 0.508 e. The molecule has 0 spiro atoms. The highest BCUT2D eigenvalue weighted by molar-refractivity contribution is 6.40. The van der Waals surface area contributed by atoms with E-state index in [1.807, 2.05) is 0 Å². The second-order valence-electron chi connectivity index (χ2n) is 5.09.